The molecule has 0 unspecified atom stereocenters. The zero-order valence-electron chi connectivity index (χ0n) is 18.8. The number of carbonyl (C=O) groups excluding carboxylic acids is 2. The molecule has 0 aliphatic carbocycles. The summed E-state index contributed by atoms with van der Waals surface area (Å²) in [6, 6.07) is 15.1. The quantitative estimate of drug-likeness (QED) is 0.516. The molecule has 0 radical (unpaired) electrons. The van der Waals surface area contributed by atoms with Gasteiger partial charge in [0.2, 0.25) is 21.8 Å². The number of anilines is 1. The molecule has 2 rings (SSSR count). The molecule has 1 N–H and O–H groups in total. The lowest BCUT2D eigenvalue weighted by atomic mass is 10.1. The minimum absolute atomic E-state index is 0.175. The van der Waals surface area contributed by atoms with E-state index < -0.39 is 28.5 Å². The van der Waals surface area contributed by atoms with Gasteiger partial charge in [0.05, 0.1) is 11.9 Å². The highest BCUT2D eigenvalue weighted by atomic mass is 79.9. The number of sulfonamides is 1. The summed E-state index contributed by atoms with van der Waals surface area (Å²) in [6.07, 6.45) is 1.06. The molecule has 0 saturated carbocycles. The van der Waals surface area contributed by atoms with Crippen LogP contribution in [0, 0.1) is 5.92 Å². The number of benzene rings is 2. The first-order valence-corrected chi connectivity index (χ1v) is 13.0. The van der Waals surface area contributed by atoms with Crippen LogP contribution < -0.4 is 9.62 Å². The molecule has 2 aromatic rings. The van der Waals surface area contributed by atoms with Gasteiger partial charge < -0.3 is 10.2 Å². The SMILES string of the molecule is CC(C)CNC(=O)[C@H](C)N(Cc1ccc(Br)cc1)C(=O)CN(c1ccccc1)S(C)(=O)=O. The first-order chi connectivity index (χ1) is 15.0. The van der Waals surface area contributed by atoms with Crippen molar-refractivity contribution in [2.45, 2.75) is 33.4 Å². The van der Waals surface area contributed by atoms with Crippen LogP contribution in [0.4, 0.5) is 5.69 Å². The number of rotatable bonds is 10. The molecule has 0 spiro atoms. The zero-order valence-corrected chi connectivity index (χ0v) is 21.2. The maximum absolute atomic E-state index is 13.4. The summed E-state index contributed by atoms with van der Waals surface area (Å²) in [5.74, 6) is -0.482. The maximum atomic E-state index is 13.4. The monoisotopic (exact) mass is 523 g/mol. The van der Waals surface area contributed by atoms with Crippen molar-refractivity contribution in [1.29, 1.82) is 0 Å². The molecular weight excluding hydrogens is 494 g/mol. The molecule has 0 bridgehead atoms. The normalized spacial score (nSPS) is 12.3. The number of amides is 2. The Labute approximate surface area is 199 Å². The summed E-state index contributed by atoms with van der Waals surface area (Å²) in [6.45, 7) is 5.89. The second-order valence-electron chi connectivity index (χ2n) is 8.07. The van der Waals surface area contributed by atoms with E-state index in [4.69, 9.17) is 0 Å². The molecule has 174 valence electrons. The van der Waals surface area contributed by atoms with Gasteiger partial charge in [-0.25, -0.2) is 8.42 Å². The summed E-state index contributed by atoms with van der Waals surface area (Å²) in [4.78, 5) is 27.5. The first kappa shape index (κ1) is 25.9. The van der Waals surface area contributed by atoms with Crippen LogP contribution in [0.2, 0.25) is 0 Å². The highest BCUT2D eigenvalue weighted by Crippen LogP contribution is 2.19. The van der Waals surface area contributed by atoms with Gasteiger partial charge in [-0.2, -0.15) is 0 Å². The fraction of sp³-hybridized carbons (Fsp3) is 0.391. The van der Waals surface area contributed by atoms with Crippen molar-refractivity contribution in [2.24, 2.45) is 5.92 Å². The third-order valence-electron chi connectivity index (χ3n) is 4.84. The second-order valence-corrected chi connectivity index (χ2v) is 10.9. The van der Waals surface area contributed by atoms with Crippen LogP contribution >= 0.6 is 15.9 Å². The van der Waals surface area contributed by atoms with E-state index in [1.165, 1.54) is 4.90 Å². The third kappa shape index (κ3) is 7.63. The molecule has 0 aliphatic rings. The summed E-state index contributed by atoms with van der Waals surface area (Å²) in [5.41, 5.74) is 1.22. The van der Waals surface area contributed by atoms with Crippen molar-refractivity contribution in [3.63, 3.8) is 0 Å². The van der Waals surface area contributed by atoms with E-state index >= 15 is 0 Å². The van der Waals surface area contributed by atoms with E-state index in [9.17, 15) is 18.0 Å². The molecule has 0 fully saturated rings. The van der Waals surface area contributed by atoms with E-state index in [0.29, 0.717) is 12.2 Å². The summed E-state index contributed by atoms with van der Waals surface area (Å²) in [7, 11) is -3.71. The second kappa shape index (κ2) is 11.5. The Balaban J connectivity index is 2.32. The molecule has 2 aromatic carbocycles. The van der Waals surface area contributed by atoms with Gasteiger partial charge in [-0.3, -0.25) is 13.9 Å². The van der Waals surface area contributed by atoms with Crippen LogP contribution in [-0.4, -0.2) is 50.5 Å². The molecule has 7 nitrogen and oxygen atoms in total. The average molecular weight is 524 g/mol. The predicted molar refractivity (Wildman–Crippen MR) is 131 cm³/mol. The minimum atomic E-state index is -3.71. The molecule has 0 aromatic heterocycles. The van der Waals surface area contributed by atoms with Crippen molar-refractivity contribution in [3.8, 4) is 0 Å². The summed E-state index contributed by atoms with van der Waals surface area (Å²) >= 11 is 3.39. The average Bonchev–Trinajstić information content (AvgIpc) is 2.74. The lowest BCUT2D eigenvalue weighted by molar-refractivity contribution is -0.139. The lowest BCUT2D eigenvalue weighted by Gasteiger charge is -2.31. The molecule has 0 heterocycles. The Morgan fingerprint density at radius 2 is 1.59 bits per heavy atom. The molecule has 9 heteroatoms. The lowest BCUT2D eigenvalue weighted by Crippen LogP contribution is -2.51. The number of nitrogens with one attached hydrogen (secondary N) is 1. The van der Waals surface area contributed by atoms with E-state index in [0.717, 1.165) is 20.6 Å². The fourth-order valence-corrected chi connectivity index (χ4v) is 4.14. The van der Waals surface area contributed by atoms with Gasteiger partial charge >= 0.3 is 0 Å². The number of nitrogens with zero attached hydrogens (tertiary/aromatic N) is 2. The van der Waals surface area contributed by atoms with Crippen LogP contribution in [-0.2, 0) is 26.2 Å². The molecule has 0 aliphatic heterocycles. The van der Waals surface area contributed by atoms with Gasteiger partial charge in [0, 0.05) is 17.6 Å². The number of halogens is 1. The van der Waals surface area contributed by atoms with E-state index in [2.05, 4.69) is 21.2 Å². The fourth-order valence-electron chi connectivity index (χ4n) is 3.03. The predicted octanol–water partition coefficient (Wildman–Crippen LogP) is 3.40. The van der Waals surface area contributed by atoms with Crippen molar-refractivity contribution >= 4 is 43.5 Å². The largest absolute Gasteiger partial charge is 0.354 e. The van der Waals surface area contributed by atoms with Crippen LogP contribution in [0.5, 0.6) is 0 Å². The Kier molecular flexibility index (Phi) is 9.27. The molecule has 1 atom stereocenters. The Bertz CT molecular complexity index is 1010. The Hall–Kier alpha value is -2.39. The standard InChI is InChI=1S/C23H30BrN3O4S/c1-17(2)14-25-23(29)18(3)26(15-19-10-12-20(24)13-11-19)22(28)16-27(32(4,30)31)21-8-6-5-7-9-21/h5-13,17-18H,14-16H2,1-4H3,(H,25,29)/t18-/m0/s1. The van der Waals surface area contributed by atoms with E-state index in [1.54, 1.807) is 37.3 Å². The summed E-state index contributed by atoms with van der Waals surface area (Å²) in [5, 5.41) is 2.86. The third-order valence-corrected chi connectivity index (χ3v) is 6.51. The van der Waals surface area contributed by atoms with Crippen molar-refractivity contribution in [1.82, 2.24) is 10.2 Å². The highest BCUT2D eigenvalue weighted by Gasteiger charge is 2.30. The van der Waals surface area contributed by atoms with Gasteiger partial charge in [0.15, 0.2) is 0 Å². The molecule has 0 saturated heterocycles. The molecular formula is C23H30BrN3O4S. The Morgan fingerprint density at radius 3 is 2.12 bits per heavy atom. The van der Waals surface area contributed by atoms with Crippen LogP contribution in [0.3, 0.4) is 0 Å². The van der Waals surface area contributed by atoms with Crippen LogP contribution in [0.1, 0.15) is 26.3 Å². The minimum Gasteiger partial charge on any atom is -0.354 e. The van der Waals surface area contributed by atoms with Gasteiger partial charge in [-0.15, -0.1) is 0 Å². The van der Waals surface area contributed by atoms with E-state index in [-0.39, 0.29) is 18.4 Å². The maximum Gasteiger partial charge on any atom is 0.244 e. The molecule has 2 amide bonds. The van der Waals surface area contributed by atoms with Gasteiger partial charge in [-0.1, -0.05) is 60.1 Å². The number of hydrogen-bond acceptors (Lipinski definition) is 4. The van der Waals surface area contributed by atoms with Crippen molar-refractivity contribution in [3.05, 3.63) is 64.6 Å². The zero-order chi connectivity index (χ0) is 23.9. The highest BCUT2D eigenvalue weighted by molar-refractivity contribution is 9.10. The first-order valence-electron chi connectivity index (χ1n) is 10.3. The topological polar surface area (TPSA) is 86.8 Å². The number of carbonyl (C=O) groups is 2. The molecule has 32 heavy (non-hydrogen) atoms. The van der Waals surface area contributed by atoms with Gasteiger partial charge in [0.1, 0.15) is 12.6 Å². The van der Waals surface area contributed by atoms with Gasteiger partial charge in [0.25, 0.3) is 0 Å². The number of hydrogen-bond donors (Lipinski definition) is 1. The van der Waals surface area contributed by atoms with Crippen LogP contribution in [0.25, 0.3) is 0 Å². The van der Waals surface area contributed by atoms with Crippen molar-refractivity contribution < 1.29 is 18.0 Å². The number of para-hydroxylation sites is 1. The van der Waals surface area contributed by atoms with Crippen LogP contribution in [0.15, 0.2) is 59.1 Å². The van der Waals surface area contributed by atoms with Crippen molar-refractivity contribution in [2.75, 3.05) is 23.7 Å². The Morgan fingerprint density at radius 1 is 1.00 bits per heavy atom. The van der Waals surface area contributed by atoms with E-state index in [1.807, 2.05) is 38.1 Å². The summed E-state index contributed by atoms with van der Waals surface area (Å²) < 4.78 is 26.8. The smallest absolute Gasteiger partial charge is 0.244 e. The van der Waals surface area contributed by atoms with Gasteiger partial charge in [-0.05, 0) is 42.7 Å².